The van der Waals surface area contributed by atoms with Crippen molar-refractivity contribution < 1.29 is 4.79 Å². The first-order valence-electron chi connectivity index (χ1n) is 11.5. The van der Waals surface area contributed by atoms with Gasteiger partial charge in [0.05, 0.1) is 17.8 Å². The van der Waals surface area contributed by atoms with E-state index in [9.17, 15) is 4.79 Å². The number of piperidine rings is 1. The molecule has 3 heterocycles. The number of aromatic nitrogens is 2. The summed E-state index contributed by atoms with van der Waals surface area (Å²) in [5.41, 5.74) is 3.75. The smallest absolute Gasteiger partial charge is 0.228 e. The number of para-hydroxylation sites is 1. The van der Waals surface area contributed by atoms with Gasteiger partial charge < -0.3 is 10.6 Å². The zero-order valence-corrected chi connectivity index (χ0v) is 17.6. The molecule has 0 unspecified atom stereocenters. The van der Waals surface area contributed by atoms with Crippen molar-refractivity contribution in [3.8, 4) is 11.3 Å². The molecule has 2 N–H and O–H groups in total. The lowest BCUT2D eigenvalue weighted by Crippen LogP contribution is -2.56. The lowest BCUT2D eigenvalue weighted by molar-refractivity contribution is -0.115. The van der Waals surface area contributed by atoms with Crippen LogP contribution >= 0.6 is 0 Å². The number of hydrogen-bond acceptors (Lipinski definition) is 5. The summed E-state index contributed by atoms with van der Waals surface area (Å²) in [4.78, 5) is 24.5. The van der Waals surface area contributed by atoms with Gasteiger partial charge in [0.1, 0.15) is 0 Å². The van der Waals surface area contributed by atoms with Crippen molar-refractivity contribution in [1.82, 2.24) is 14.9 Å². The van der Waals surface area contributed by atoms with Crippen molar-refractivity contribution in [1.29, 1.82) is 0 Å². The van der Waals surface area contributed by atoms with E-state index in [0.29, 0.717) is 12.4 Å². The zero-order chi connectivity index (χ0) is 20.4. The van der Waals surface area contributed by atoms with E-state index in [4.69, 9.17) is 4.98 Å². The highest BCUT2D eigenvalue weighted by Crippen LogP contribution is 2.36. The summed E-state index contributed by atoms with van der Waals surface area (Å²) in [7, 11) is 0. The Balaban J connectivity index is 1.41. The average Bonchev–Trinajstić information content (AvgIpc) is 2.94. The molecule has 2 aliphatic heterocycles. The number of amides is 1. The SMILES string of the molecule is O=C1Cc2cnc(NCC3(N4CCCCC4)CCCCC3)nc2-c2ccccc2N1. The summed E-state index contributed by atoms with van der Waals surface area (Å²) in [6, 6.07) is 7.89. The fourth-order valence-electron chi connectivity index (χ4n) is 5.45. The molecule has 1 saturated heterocycles. The number of nitrogens with zero attached hydrogens (tertiary/aromatic N) is 3. The molecule has 2 aromatic rings. The van der Waals surface area contributed by atoms with E-state index in [1.165, 1.54) is 64.5 Å². The Hall–Kier alpha value is -2.47. The van der Waals surface area contributed by atoms with E-state index in [0.717, 1.165) is 29.1 Å². The highest BCUT2D eigenvalue weighted by Gasteiger charge is 2.38. The molecule has 6 nitrogen and oxygen atoms in total. The number of benzene rings is 1. The number of likely N-dealkylation sites (tertiary alicyclic amines) is 1. The first-order chi connectivity index (χ1) is 14.7. The standard InChI is InChI=1S/C24H31N5O/c30-21-15-18-16-25-23(28-22(18)19-9-3-4-10-20(19)27-21)26-17-24(11-5-1-6-12-24)29-13-7-2-8-14-29/h3-4,9-10,16H,1-2,5-8,11-15,17H2,(H,27,30)(H,25,26,28). The van der Waals surface area contributed by atoms with Crippen LogP contribution in [0.5, 0.6) is 0 Å². The zero-order valence-electron chi connectivity index (χ0n) is 17.6. The topological polar surface area (TPSA) is 70.2 Å². The van der Waals surface area contributed by atoms with E-state index in [-0.39, 0.29) is 11.4 Å². The monoisotopic (exact) mass is 405 g/mol. The number of nitrogens with one attached hydrogen (secondary N) is 2. The first-order valence-corrected chi connectivity index (χ1v) is 11.5. The van der Waals surface area contributed by atoms with Gasteiger partial charge in [0.15, 0.2) is 0 Å². The molecule has 1 aromatic heterocycles. The lowest BCUT2D eigenvalue weighted by Gasteiger charge is -2.48. The Morgan fingerprint density at radius 1 is 1.03 bits per heavy atom. The van der Waals surface area contributed by atoms with E-state index in [2.05, 4.69) is 20.5 Å². The van der Waals surface area contributed by atoms with Crippen LogP contribution in [0.2, 0.25) is 0 Å². The van der Waals surface area contributed by atoms with Crippen molar-refractivity contribution >= 4 is 17.5 Å². The van der Waals surface area contributed by atoms with Gasteiger partial charge in [0.25, 0.3) is 0 Å². The molecule has 5 rings (SSSR count). The predicted molar refractivity (Wildman–Crippen MR) is 120 cm³/mol. The fourth-order valence-corrected chi connectivity index (χ4v) is 5.45. The molecule has 0 atom stereocenters. The summed E-state index contributed by atoms with van der Waals surface area (Å²) in [5, 5.41) is 6.58. The first kappa shape index (κ1) is 19.5. The van der Waals surface area contributed by atoms with Crippen LogP contribution in [0.3, 0.4) is 0 Å². The molecular weight excluding hydrogens is 374 g/mol. The third kappa shape index (κ3) is 3.81. The maximum Gasteiger partial charge on any atom is 0.228 e. The summed E-state index contributed by atoms with van der Waals surface area (Å²) in [6.07, 6.45) is 12.6. The van der Waals surface area contributed by atoms with Gasteiger partial charge in [-0.2, -0.15) is 0 Å². The van der Waals surface area contributed by atoms with Crippen LogP contribution < -0.4 is 10.6 Å². The van der Waals surface area contributed by atoms with Gasteiger partial charge in [0, 0.05) is 29.4 Å². The van der Waals surface area contributed by atoms with Crippen LogP contribution in [0.25, 0.3) is 11.3 Å². The van der Waals surface area contributed by atoms with Crippen LogP contribution in [-0.2, 0) is 11.2 Å². The van der Waals surface area contributed by atoms with E-state index in [1.54, 1.807) is 0 Å². The van der Waals surface area contributed by atoms with Gasteiger partial charge in [-0.05, 0) is 44.8 Å². The van der Waals surface area contributed by atoms with Gasteiger partial charge in [-0.3, -0.25) is 9.69 Å². The van der Waals surface area contributed by atoms with Gasteiger partial charge in [-0.25, -0.2) is 9.97 Å². The normalized spacial score (nSPS) is 21.1. The lowest BCUT2D eigenvalue weighted by atomic mass is 9.79. The third-order valence-corrected chi connectivity index (χ3v) is 7.06. The maximum absolute atomic E-state index is 12.3. The Kier molecular flexibility index (Phi) is 5.42. The molecule has 0 radical (unpaired) electrons. The molecule has 1 aromatic carbocycles. The quantitative estimate of drug-likeness (QED) is 0.796. The maximum atomic E-state index is 12.3. The molecular formula is C24H31N5O. The van der Waals surface area contributed by atoms with Crippen molar-refractivity contribution in [2.75, 3.05) is 30.3 Å². The van der Waals surface area contributed by atoms with Crippen molar-refractivity contribution in [3.05, 3.63) is 36.0 Å². The van der Waals surface area contributed by atoms with Gasteiger partial charge >= 0.3 is 0 Å². The van der Waals surface area contributed by atoms with Crippen molar-refractivity contribution in [2.24, 2.45) is 0 Å². The minimum absolute atomic E-state index is 0.0169. The molecule has 0 bridgehead atoms. The van der Waals surface area contributed by atoms with Gasteiger partial charge in [-0.15, -0.1) is 0 Å². The summed E-state index contributed by atoms with van der Waals surface area (Å²) >= 11 is 0. The molecule has 2 fully saturated rings. The molecule has 158 valence electrons. The van der Waals surface area contributed by atoms with Crippen LogP contribution in [0.4, 0.5) is 11.6 Å². The molecule has 0 spiro atoms. The second-order valence-corrected chi connectivity index (χ2v) is 9.02. The predicted octanol–water partition coefficient (Wildman–Crippen LogP) is 4.24. The molecule has 1 amide bonds. The van der Waals surface area contributed by atoms with E-state index < -0.39 is 0 Å². The second kappa shape index (κ2) is 8.34. The van der Waals surface area contributed by atoms with E-state index >= 15 is 0 Å². The van der Waals surface area contributed by atoms with Gasteiger partial charge in [0.2, 0.25) is 11.9 Å². The number of anilines is 2. The van der Waals surface area contributed by atoms with Crippen LogP contribution in [-0.4, -0.2) is 45.9 Å². The Morgan fingerprint density at radius 2 is 1.80 bits per heavy atom. The van der Waals surface area contributed by atoms with Crippen LogP contribution in [0, 0.1) is 0 Å². The highest BCUT2D eigenvalue weighted by atomic mass is 16.1. The Morgan fingerprint density at radius 3 is 2.63 bits per heavy atom. The van der Waals surface area contributed by atoms with Gasteiger partial charge in [-0.1, -0.05) is 43.9 Å². The van der Waals surface area contributed by atoms with Crippen LogP contribution in [0.15, 0.2) is 30.5 Å². The molecule has 1 aliphatic carbocycles. The summed E-state index contributed by atoms with van der Waals surface area (Å²) < 4.78 is 0. The third-order valence-electron chi connectivity index (χ3n) is 7.06. The molecule has 6 heteroatoms. The minimum atomic E-state index is -0.0169. The largest absolute Gasteiger partial charge is 0.352 e. The number of carbonyl (C=O) groups excluding carboxylic acids is 1. The number of fused-ring (bicyclic) bond motifs is 3. The number of hydrogen-bond donors (Lipinski definition) is 2. The number of carbonyl (C=O) groups is 1. The Bertz CT molecular complexity index is 916. The summed E-state index contributed by atoms with van der Waals surface area (Å²) in [6.45, 7) is 3.33. The fraction of sp³-hybridized carbons (Fsp3) is 0.542. The average molecular weight is 406 g/mol. The minimum Gasteiger partial charge on any atom is -0.352 e. The highest BCUT2D eigenvalue weighted by molar-refractivity contribution is 5.99. The molecule has 1 saturated carbocycles. The molecule has 30 heavy (non-hydrogen) atoms. The number of rotatable bonds is 4. The second-order valence-electron chi connectivity index (χ2n) is 9.02. The van der Waals surface area contributed by atoms with Crippen LogP contribution in [0.1, 0.15) is 56.9 Å². The Labute approximate surface area is 178 Å². The van der Waals surface area contributed by atoms with E-state index in [1.807, 2.05) is 30.5 Å². The van der Waals surface area contributed by atoms with Crippen molar-refractivity contribution in [3.63, 3.8) is 0 Å². The molecule has 3 aliphatic rings. The van der Waals surface area contributed by atoms with Crippen molar-refractivity contribution in [2.45, 2.75) is 63.3 Å². The summed E-state index contributed by atoms with van der Waals surface area (Å²) in [5.74, 6) is 0.650.